The van der Waals surface area contributed by atoms with Gasteiger partial charge in [-0.1, -0.05) is 18.2 Å². The van der Waals surface area contributed by atoms with Gasteiger partial charge in [0.1, 0.15) is 11.3 Å². The quantitative estimate of drug-likeness (QED) is 0.120. The molecule has 0 aliphatic rings. The summed E-state index contributed by atoms with van der Waals surface area (Å²) in [6, 6.07) is 17.8. The van der Waals surface area contributed by atoms with Gasteiger partial charge in [-0.2, -0.15) is 9.78 Å². The Kier molecular flexibility index (Phi) is 8.01. The number of esters is 1. The number of ether oxygens (including phenoxy) is 4. The molecule has 5 rings (SSSR count). The smallest absolute Gasteiger partial charge is 0.343 e. The van der Waals surface area contributed by atoms with E-state index in [0.717, 1.165) is 5.39 Å². The van der Waals surface area contributed by atoms with E-state index >= 15 is 0 Å². The zero-order chi connectivity index (χ0) is 28.2. The van der Waals surface area contributed by atoms with Crippen molar-refractivity contribution in [2.75, 3.05) is 27.4 Å². The fourth-order valence-corrected chi connectivity index (χ4v) is 4.87. The average Bonchev–Trinajstić information content (AvgIpc) is 3.40. The summed E-state index contributed by atoms with van der Waals surface area (Å²) < 4.78 is 29.5. The number of carbonyl (C=O) groups excluding carboxylic acids is 1. The summed E-state index contributed by atoms with van der Waals surface area (Å²) in [5.74, 6) is 1.55. The van der Waals surface area contributed by atoms with Crippen molar-refractivity contribution in [1.29, 1.82) is 0 Å². The lowest BCUT2D eigenvalue weighted by atomic mass is 10.2. The lowest BCUT2D eigenvalue weighted by Gasteiger charge is -2.14. The van der Waals surface area contributed by atoms with Gasteiger partial charge in [-0.15, -0.1) is 0 Å². The highest BCUT2D eigenvalue weighted by molar-refractivity contribution is 14.1. The van der Waals surface area contributed by atoms with Gasteiger partial charge in [-0.3, -0.25) is 4.79 Å². The van der Waals surface area contributed by atoms with Crippen LogP contribution >= 0.6 is 22.6 Å². The minimum Gasteiger partial charge on any atom is -0.496 e. The van der Waals surface area contributed by atoms with Crippen LogP contribution in [0.4, 0.5) is 0 Å². The highest BCUT2D eigenvalue weighted by Crippen LogP contribution is 2.35. The molecule has 5 aromatic rings. The van der Waals surface area contributed by atoms with Crippen molar-refractivity contribution in [2.45, 2.75) is 6.92 Å². The number of hydrogen-bond donors (Lipinski definition) is 0. The van der Waals surface area contributed by atoms with Crippen molar-refractivity contribution in [2.24, 2.45) is 5.10 Å². The van der Waals surface area contributed by atoms with E-state index in [4.69, 9.17) is 23.6 Å². The second-order valence-corrected chi connectivity index (χ2v) is 9.59. The number of carbonyl (C=O) groups is 1. The van der Waals surface area contributed by atoms with E-state index < -0.39 is 5.97 Å². The number of halogens is 1. The SMILES string of the molecule is CCOc1cc(C=Nn2c(-c3cc4c(OC)cccc4o3)nc3ccccc3c2=O)cc(I)c1OCC(=O)OC. The Morgan fingerprint density at radius 3 is 2.65 bits per heavy atom. The van der Waals surface area contributed by atoms with Crippen molar-refractivity contribution < 1.29 is 28.2 Å². The molecule has 11 heteroatoms. The average molecular weight is 653 g/mol. The van der Waals surface area contributed by atoms with E-state index in [2.05, 4.69) is 32.4 Å². The molecule has 204 valence electrons. The van der Waals surface area contributed by atoms with Crippen LogP contribution < -0.4 is 19.8 Å². The third-order valence-corrected chi connectivity index (χ3v) is 6.73. The molecule has 2 heterocycles. The Labute approximate surface area is 242 Å². The first-order valence-corrected chi connectivity index (χ1v) is 13.3. The number of rotatable bonds is 9. The van der Waals surface area contributed by atoms with Crippen LogP contribution in [0.15, 0.2) is 75.0 Å². The monoisotopic (exact) mass is 653 g/mol. The van der Waals surface area contributed by atoms with Gasteiger partial charge in [0.2, 0.25) is 5.82 Å². The molecule has 0 aliphatic heterocycles. The first kappa shape index (κ1) is 27.2. The van der Waals surface area contributed by atoms with Gasteiger partial charge in [-0.05, 0) is 77.5 Å². The van der Waals surface area contributed by atoms with E-state index in [1.807, 2.05) is 31.2 Å². The van der Waals surface area contributed by atoms with Gasteiger partial charge in [0, 0.05) is 0 Å². The zero-order valence-corrected chi connectivity index (χ0v) is 24.0. The Morgan fingerprint density at radius 2 is 1.88 bits per heavy atom. The van der Waals surface area contributed by atoms with Crippen LogP contribution in [0.1, 0.15) is 12.5 Å². The lowest BCUT2D eigenvalue weighted by Crippen LogP contribution is -2.20. The maximum atomic E-state index is 13.6. The molecule has 0 fully saturated rings. The maximum Gasteiger partial charge on any atom is 0.343 e. The highest BCUT2D eigenvalue weighted by atomic mass is 127. The maximum absolute atomic E-state index is 13.6. The Hall–Kier alpha value is -4.39. The summed E-state index contributed by atoms with van der Waals surface area (Å²) in [5, 5.41) is 5.68. The highest BCUT2D eigenvalue weighted by Gasteiger charge is 2.18. The number of para-hydroxylation sites is 1. The van der Waals surface area contributed by atoms with Gasteiger partial charge >= 0.3 is 5.97 Å². The van der Waals surface area contributed by atoms with Gasteiger partial charge in [-0.25, -0.2) is 9.78 Å². The fraction of sp³-hybridized carbons (Fsp3) is 0.172. The Morgan fingerprint density at radius 1 is 1.05 bits per heavy atom. The predicted molar refractivity (Wildman–Crippen MR) is 159 cm³/mol. The van der Waals surface area contributed by atoms with Crippen molar-refractivity contribution in [3.05, 3.63) is 80.2 Å². The number of benzene rings is 3. The Bertz CT molecular complexity index is 1810. The second-order valence-electron chi connectivity index (χ2n) is 8.42. The summed E-state index contributed by atoms with van der Waals surface area (Å²) in [7, 11) is 2.87. The Balaban J connectivity index is 1.62. The van der Waals surface area contributed by atoms with Gasteiger partial charge in [0.15, 0.2) is 23.9 Å². The molecule has 0 bridgehead atoms. The molecule has 0 saturated heterocycles. The van der Waals surface area contributed by atoms with Crippen molar-refractivity contribution in [1.82, 2.24) is 9.66 Å². The molecule has 0 saturated carbocycles. The van der Waals surface area contributed by atoms with Crippen molar-refractivity contribution in [3.8, 4) is 28.8 Å². The van der Waals surface area contributed by atoms with E-state index in [-0.39, 0.29) is 18.0 Å². The number of aromatic nitrogens is 2. The molecule has 0 amide bonds. The lowest BCUT2D eigenvalue weighted by molar-refractivity contribution is -0.142. The third-order valence-electron chi connectivity index (χ3n) is 5.93. The summed E-state index contributed by atoms with van der Waals surface area (Å²) in [4.78, 5) is 29.9. The zero-order valence-electron chi connectivity index (χ0n) is 21.8. The van der Waals surface area contributed by atoms with Crippen LogP contribution in [0.25, 0.3) is 33.5 Å². The number of hydrogen-bond acceptors (Lipinski definition) is 9. The molecule has 40 heavy (non-hydrogen) atoms. The number of furan rings is 1. The molecule has 0 spiro atoms. The van der Waals surface area contributed by atoms with Crippen LogP contribution in [-0.4, -0.2) is 49.3 Å². The molecule has 0 aliphatic carbocycles. The first-order valence-electron chi connectivity index (χ1n) is 12.2. The number of methoxy groups -OCH3 is 2. The van der Waals surface area contributed by atoms with Crippen LogP contribution in [0.2, 0.25) is 0 Å². The van der Waals surface area contributed by atoms with E-state index in [1.54, 1.807) is 43.5 Å². The molecule has 10 nitrogen and oxygen atoms in total. The standard InChI is InChI=1S/C29H24IN3O7/c1-4-38-24-13-17(12-20(30)27(24)39-16-26(34)37-3)15-31-33-28(32-21-9-6-5-8-18(21)29(33)35)25-14-19-22(36-2)10-7-11-23(19)40-25/h5-15H,4,16H2,1-3H3. The van der Waals surface area contributed by atoms with Crippen LogP contribution in [0.5, 0.6) is 17.2 Å². The largest absolute Gasteiger partial charge is 0.496 e. The van der Waals surface area contributed by atoms with Crippen LogP contribution in [-0.2, 0) is 9.53 Å². The first-order chi connectivity index (χ1) is 19.4. The molecule has 0 radical (unpaired) electrons. The van der Waals surface area contributed by atoms with Crippen molar-refractivity contribution in [3.63, 3.8) is 0 Å². The number of nitrogens with zero attached hydrogens (tertiary/aromatic N) is 3. The summed E-state index contributed by atoms with van der Waals surface area (Å²) in [6.45, 7) is 1.95. The molecule has 3 aromatic carbocycles. The molecule has 2 aromatic heterocycles. The van der Waals surface area contributed by atoms with Crippen molar-refractivity contribution >= 4 is 56.6 Å². The predicted octanol–water partition coefficient (Wildman–Crippen LogP) is 5.26. The molecule has 0 N–H and O–H groups in total. The number of fused-ring (bicyclic) bond motifs is 2. The molecule has 0 unspecified atom stereocenters. The summed E-state index contributed by atoms with van der Waals surface area (Å²) in [5.41, 5.74) is 1.38. The van der Waals surface area contributed by atoms with Crippen LogP contribution in [0.3, 0.4) is 0 Å². The molecule has 0 atom stereocenters. The van der Waals surface area contributed by atoms with Gasteiger partial charge < -0.3 is 23.4 Å². The minimum atomic E-state index is -0.511. The van der Waals surface area contributed by atoms with E-state index in [1.165, 1.54) is 18.0 Å². The fourth-order valence-electron chi connectivity index (χ4n) is 4.09. The van der Waals surface area contributed by atoms with Gasteiger partial charge in [0.25, 0.3) is 5.56 Å². The van der Waals surface area contributed by atoms with Gasteiger partial charge in [0.05, 0.1) is 46.9 Å². The summed E-state index contributed by atoms with van der Waals surface area (Å²) >= 11 is 2.09. The third kappa shape index (κ3) is 5.37. The minimum absolute atomic E-state index is 0.232. The van der Waals surface area contributed by atoms with E-state index in [0.29, 0.717) is 55.2 Å². The van der Waals surface area contributed by atoms with Crippen LogP contribution in [0, 0.1) is 3.57 Å². The molecular weight excluding hydrogens is 629 g/mol. The second kappa shape index (κ2) is 11.8. The topological polar surface area (TPSA) is 114 Å². The van der Waals surface area contributed by atoms with E-state index in [9.17, 15) is 9.59 Å². The normalized spacial score (nSPS) is 11.3. The summed E-state index contributed by atoms with van der Waals surface area (Å²) in [6.07, 6.45) is 1.53. The molecular formula is C29H24IN3O7.